The zero-order valence-corrected chi connectivity index (χ0v) is 17.3. The summed E-state index contributed by atoms with van der Waals surface area (Å²) in [5, 5.41) is 0. The standard InChI is InChI=1S/C21H21NO4S2/c1-22-20(23)19(28-21(22)27)14-15-8-10-16(11-9-15)25-12-5-13-26-18-7-4-3-6-17(18)24-2/h3-4,6-11,14H,5,12-13H2,1-2H3/b19-14-. The predicted molar refractivity (Wildman–Crippen MR) is 116 cm³/mol. The van der Waals surface area contributed by atoms with E-state index in [1.165, 1.54) is 16.7 Å². The van der Waals surface area contributed by atoms with Crippen LogP contribution in [0, 0.1) is 0 Å². The number of para-hydroxylation sites is 2. The molecular formula is C21H21NO4S2. The summed E-state index contributed by atoms with van der Waals surface area (Å²) >= 11 is 6.45. The molecule has 0 saturated carbocycles. The van der Waals surface area contributed by atoms with E-state index < -0.39 is 0 Å². The maximum absolute atomic E-state index is 12.0. The van der Waals surface area contributed by atoms with Crippen molar-refractivity contribution in [2.24, 2.45) is 0 Å². The molecule has 1 aliphatic rings. The number of rotatable bonds is 8. The molecular weight excluding hydrogens is 394 g/mol. The number of carbonyl (C=O) groups is 1. The first-order valence-electron chi connectivity index (χ1n) is 8.78. The van der Waals surface area contributed by atoms with Crippen LogP contribution in [0.15, 0.2) is 53.4 Å². The average Bonchev–Trinajstić information content (AvgIpc) is 2.96. The van der Waals surface area contributed by atoms with Gasteiger partial charge in [-0.1, -0.05) is 48.2 Å². The van der Waals surface area contributed by atoms with Crippen molar-refractivity contribution in [1.82, 2.24) is 4.90 Å². The van der Waals surface area contributed by atoms with Crippen LogP contribution >= 0.6 is 24.0 Å². The molecule has 1 aliphatic heterocycles. The van der Waals surface area contributed by atoms with Gasteiger partial charge in [0.2, 0.25) is 0 Å². The van der Waals surface area contributed by atoms with E-state index in [0.717, 1.165) is 29.2 Å². The van der Waals surface area contributed by atoms with Crippen molar-refractivity contribution in [3.63, 3.8) is 0 Å². The van der Waals surface area contributed by atoms with Crippen molar-refractivity contribution in [3.05, 3.63) is 59.0 Å². The van der Waals surface area contributed by atoms with E-state index in [9.17, 15) is 4.79 Å². The Morgan fingerprint density at radius 2 is 1.71 bits per heavy atom. The molecule has 0 aliphatic carbocycles. The van der Waals surface area contributed by atoms with Crippen molar-refractivity contribution in [2.75, 3.05) is 27.4 Å². The molecule has 5 nitrogen and oxygen atoms in total. The highest BCUT2D eigenvalue weighted by atomic mass is 32.2. The second kappa shape index (κ2) is 9.61. The minimum Gasteiger partial charge on any atom is -0.493 e. The van der Waals surface area contributed by atoms with Gasteiger partial charge >= 0.3 is 0 Å². The number of carbonyl (C=O) groups excluding carboxylic acids is 1. The van der Waals surface area contributed by atoms with E-state index in [-0.39, 0.29) is 5.91 Å². The van der Waals surface area contributed by atoms with Gasteiger partial charge in [0.25, 0.3) is 5.91 Å². The lowest BCUT2D eigenvalue weighted by molar-refractivity contribution is -0.121. The molecule has 28 heavy (non-hydrogen) atoms. The topological polar surface area (TPSA) is 48.0 Å². The first-order chi connectivity index (χ1) is 13.6. The van der Waals surface area contributed by atoms with Crippen LogP contribution < -0.4 is 14.2 Å². The Balaban J connectivity index is 1.45. The van der Waals surface area contributed by atoms with Crippen LogP contribution in [-0.4, -0.2) is 42.5 Å². The highest BCUT2D eigenvalue weighted by Gasteiger charge is 2.28. The Morgan fingerprint density at radius 3 is 2.36 bits per heavy atom. The monoisotopic (exact) mass is 415 g/mol. The molecule has 0 bridgehead atoms. The van der Waals surface area contributed by atoms with E-state index in [4.69, 9.17) is 26.4 Å². The minimum atomic E-state index is -0.0645. The molecule has 7 heteroatoms. The molecule has 3 rings (SSSR count). The van der Waals surface area contributed by atoms with Gasteiger partial charge in [0, 0.05) is 13.5 Å². The molecule has 0 aromatic heterocycles. The molecule has 0 unspecified atom stereocenters. The second-order valence-electron chi connectivity index (χ2n) is 6.01. The highest BCUT2D eigenvalue weighted by molar-refractivity contribution is 8.26. The summed E-state index contributed by atoms with van der Waals surface area (Å²) < 4.78 is 17.3. The molecule has 1 saturated heterocycles. The summed E-state index contributed by atoms with van der Waals surface area (Å²) in [4.78, 5) is 14.2. The number of thiocarbonyl (C=S) groups is 1. The first kappa shape index (κ1) is 20.2. The number of nitrogens with zero attached hydrogens (tertiary/aromatic N) is 1. The molecule has 0 spiro atoms. The third-order valence-corrected chi connectivity index (χ3v) is 5.53. The summed E-state index contributed by atoms with van der Waals surface area (Å²) in [6.45, 7) is 1.08. The Morgan fingerprint density at radius 1 is 1.04 bits per heavy atom. The molecule has 0 radical (unpaired) electrons. The van der Waals surface area contributed by atoms with Gasteiger partial charge in [0.15, 0.2) is 11.5 Å². The molecule has 2 aromatic rings. The molecule has 146 valence electrons. The minimum absolute atomic E-state index is 0.0645. The summed E-state index contributed by atoms with van der Waals surface area (Å²) in [7, 11) is 3.31. The van der Waals surface area contributed by atoms with E-state index >= 15 is 0 Å². The molecule has 0 atom stereocenters. The number of methoxy groups -OCH3 is 1. The fraction of sp³-hybridized carbons (Fsp3) is 0.238. The zero-order valence-electron chi connectivity index (χ0n) is 15.7. The highest BCUT2D eigenvalue weighted by Crippen LogP contribution is 2.31. The normalized spacial score (nSPS) is 15.2. The fourth-order valence-corrected chi connectivity index (χ4v) is 3.71. The number of hydrogen-bond acceptors (Lipinski definition) is 6. The lowest BCUT2D eigenvalue weighted by Crippen LogP contribution is -2.22. The third-order valence-electron chi connectivity index (χ3n) is 4.05. The van der Waals surface area contributed by atoms with Crippen molar-refractivity contribution < 1.29 is 19.0 Å². The summed E-state index contributed by atoms with van der Waals surface area (Å²) in [5.41, 5.74) is 0.931. The van der Waals surface area contributed by atoms with Crippen molar-refractivity contribution in [3.8, 4) is 17.2 Å². The maximum atomic E-state index is 12.0. The molecule has 1 heterocycles. The Bertz CT molecular complexity index is 880. The van der Waals surface area contributed by atoms with Crippen LogP contribution in [-0.2, 0) is 4.79 Å². The number of ether oxygens (including phenoxy) is 3. The largest absolute Gasteiger partial charge is 0.493 e. The van der Waals surface area contributed by atoms with Crippen LogP contribution in [0.25, 0.3) is 6.08 Å². The van der Waals surface area contributed by atoms with Crippen molar-refractivity contribution in [2.45, 2.75) is 6.42 Å². The van der Waals surface area contributed by atoms with E-state index in [1.54, 1.807) is 14.2 Å². The summed E-state index contributed by atoms with van der Waals surface area (Å²) in [6.07, 6.45) is 2.59. The SMILES string of the molecule is COc1ccccc1OCCCOc1ccc(/C=C2\SC(=S)N(C)C2=O)cc1. The van der Waals surface area contributed by atoms with Gasteiger partial charge in [-0.25, -0.2) is 0 Å². The lowest BCUT2D eigenvalue weighted by atomic mass is 10.2. The van der Waals surface area contributed by atoms with Gasteiger partial charge in [0.05, 0.1) is 25.2 Å². The maximum Gasteiger partial charge on any atom is 0.265 e. The van der Waals surface area contributed by atoms with Crippen molar-refractivity contribution in [1.29, 1.82) is 0 Å². The van der Waals surface area contributed by atoms with E-state index in [1.807, 2.05) is 54.6 Å². The number of amides is 1. The Hall–Kier alpha value is -2.51. The van der Waals surface area contributed by atoms with Gasteiger partial charge < -0.3 is 14.2 Å². The average molecular weight is 416 g/mol. The van der Waals surface area contributed by atoms with Gasteiger partial charge in [-0.05, 0) is 35.9 Å². The third kappa shape index (κ3) is 5.05. The van der Waals surface area contributed by atoms with Gasteiger partial charge in [0.1, 0.15) is 10.1 Å². The second-order valence-corrected chi connectivity index (χ2v) is 7.69. The lowest BCUT2D eigenvalue weighted by Gasteiger charge is -2.11. The molecule has 0 N–H and O–H groups in total. The van der Waals surface area contributed by atoms with Gasteiger partial charge in [-0.3, -0.25) is 9.69 Å². The number of benzene rings is 2. The van der Waals surface area contributed by atoms with Gasteiger partial charge in [-0.15, -0.1) is 0 Å². The molecule has 2 aromatic carbocycles. The predicted octanol–water partition coefficient (Wildman–Crippen LogP) is 4.37. The summed E-state index contributed by atoms with van der Waals surface area (Å²) in [6, 6.07) is 15.2. The quantitative estimate of drug-likeness (QED) is 0.362. The van der Waals surface area contributed by atoms with Gasteiger partial charge in [-0.2, -0.15) is 0 Å². The zero-order chi connectivity index (χ0) is 19.9. The number of hydrogen-bond donors (Lipinski definition) is 0. The van der Waals surface area contributed by atoms with E-state index in [0.29, 0.717) is 22.4 Å². The van der Waals surface area contributed by atoms with E-state index in [2.05, 4.69) is 0 Å². The first-order valence-corrected chi connectivity index (χ1v) is 10.0. The molecule has 1 fully saturated rings. The van der Waals surface area contributed by atoms with Crippen LogP contribution in [0.3, 0.4) is 0 Å². The smallest absolute Gasteiger partial charge is 0.265 e. The molecule has 1 amide bonds. The van der Waals surface area contributed by atoms with Crippen LogP contribution in [0.2, 0.25) is 0 Å². The van der Waals surface area contributed by atoms with Crippen LogP contribution in [0.4, 0.5) is 0 Å². The Kier molecular flexibility index (Phi) is 6.95. The fourth-order valence-electron chi connectivity index (χ4n) is 2.53. The van der Waals surface area contributed by atoms with Crippen LogP contribution in [0.5, 0.6) is 17.2 Å². The summed E-state index contributed by atoms with van der Waals surface area (Å²) in [5.74, 6) is 2.16. The number of likely N-dealkylation sites (N-methyl/N-ethyl adjacent to an activating group) is 1. The van der Waals surface area contributed by atoms with Crippen LogP contribution in [0.1, 0.15) is 12.0 Å². The van der Waals surface area contributed by atoms with Crippen molar-refractivity contribution >= 4 is 40.3 Å². The Labute approximate surface area is 174 Å². The number of thioether (sulfide) groups is 1.